The molecule has 2 nitrogen and oxygen atoms in total. The maximum Gasteiger partial charge on any atom is 0.338 e. The number of hydrogen-bond donors (Lipinski definition) is 0. The molecule has 0 aliphatic rings. The maximum absolute atomic E-state index is 14.2. The highest BCUT2D eigenvalue weighted by Crippen LogP contribution is 2.36. The van der Waals surface area contributed by atoms with Crippen LogP contribution in [0, 0.1) is 11.6 Å². The Morgan fingerprint density at radius 1 is 1.03 bits per heavy atom. The van der Waals surface area contributed by atoms with E-state index in [-0.39, 0.29) is 18.0 Å². The van der Waals surface area contributed by atoms with Crippen LogP contribution in [0.25, 0.3) is 21.2 Å². The van der Waals surface area contributed by atoms with E-state index in [0.717, 1.165) is 26.1 Å². The number of thiophene rings is 1. The molecule has 152 valence electrons. The van der Waals surface area contributed by atoms with Crippen LogP contribution in [0.4, 0.5) is 8.78 Å². The molecule has 0 N–H and O–H groups in total. The molecule has 0 fully saturated rings. The lowest BCUT2D eigenvalue weighted by atomic mass is 10.0. The van der Waals surface area contributed by atoms with Crippen molar-refractivity contribution in [2.24, 2.45) is 0 Å². The molecule has 1 aromatic heterocycles. The SMILES string of the molecule is CCOC(=O)c1cc(F)cc(-c2cccc3cc(Cc4cc(F)cc(Cl)c4)sc23)c1. The molecule has 4 aromatic rings. The van der Waals surface area contributed by atoms with E-state index in [1.165, 1.54) is 24.3 Å². The summed E-state index contributed by atoms with van der Waals surface area (Å²) in [4.78, 5) is 13.1. The van der Waals surface area contributed by atoms with Crippen molar-refractivity contribution in [2.75, 3.05) is 6.61 Å². The molecule has 1 heterocycles. The van der Waals surface area contributed by atoms with Crippen LogP contribution >= 0.6 is 22.9 Å². The summed E-state index contributed by atoms with van der Waals surface area (Å²) in [7, 11) is 0. The zero-order valence-electron chi connectivity index (χ0n) is 16.0. The number of rotatable bonds is 5. The fourth-order valence-corrected chi connectivity index (χ4v) is 4.89. The number of halogens is 3. The summed E-state index contributed by atoms with van der Waals surface area (Å²) in [6, 6.07) is 16.5. The van der Waals surface area contributed by atoms with E-state index >= 15 is 0 Å². The molecule has 0 bridgehead atoms. The van der Waals surface area contributed by atoms with Gasteiger partial charge < -0.3 is 4.74 Å². The topological polar surface area (TPSA) is 26.3 Å². The van der Waals surface area contributed by atoms with E-state index in [4.69, 9.17) is 16.3 Å². The van der Waals surface area contributed by atoms with Crippen LogP contribution in [-0.4, -0.2) is 12.6 Å². The Balaban J connectivity index is 1.75. The summed E-state index contributed by atoms with van der Waals surface area (Å²) in [5, 5.41) is 1.36. The summed E-state index contributed by atoms with van der Waals surface area (Å²) >= 11 is 7.52. The zero-order valence-corrected chi connectivity index (χ0v) is 17.6. The largest absolute Gasteiger partial charge is 0.462 e. The van der Waals surface area contributed by atoms with Gasteiger partial charge in [0, 0.05) is 21.0 Å². The number of ether oxygens (including phenoxy) is 1. The van der Waals surface area contributed by atoms with Crippen molar-refractivity contribution in [3.8, 4) is 11.1 Å². The molecule has 4 rings (SSSR count). The van der Waals surface area contributed by atoms with Gasteiger partial charge in [0.1, 0.15) is 11.6 Å². The van der Waals surface area contributed by atoms with Crippen molar-refractivity contribution < 1.29 is 18.3 Å². The van der Waals surface area contributed by atoms with Gasteiger partial charge in [-0.05, 0) is 71.5 Å². The second-order valence-electron chi connectivity index (χ2n) is 6.84. The molecule has 0 aliphatic heterocycles. The Kier molecular flexibility index (Phi) is 5.84. The number of benzene rings is 3. The average Bonchev–Trinajstić information content (AvgIpc) is 3.09. The van der Waals surface area contributed by atoms with Gasteiger partial charge in [0.25, 0.3) is 0 Å². The summed E-state index contributed by atoms with van der Waals surface area (Å²) in [5.74, 6) is -1.43. The highest BCUT2D eigenvalue weighted by Gasteiger charge is 2.14. The maximum atomic E-state index is 14.2. The third-order valence-corrected chi connectivity index (χ3v) is 6.02. The molecule has 30 heavy (non-hydrogen) atoms. The highest BCUT2D eigenvalue weighted by molar-refractivity contribution is 7.19. The average molecular weight is 443 g/mol. The standard InChI is InChI=1S/C24H17ClF2O2S/c1-2-29-24(28)17-9-16(10-20(27)11-17)22-5-3-4-15-12-21(30-23(15)22)8-14-6-18(25)13-19(26)7-14/h3-7,9-13H,2,8H2,1H3. The molecule has 0 unspecified atom stereocenters. The molecule has 0 atom stereocenters. The van der Waals surface area contributed by atoms with Crippen molar-refractivity contribution >= 4 is 39.0 Å². The third kappa shape index (κ3) is 4.37. The Labute approximate surface area is 181 Å². The van der Waals surface area contributed by atoms with Gasteiger partial charge in [-0.25, -0.2) is 13.6 Å². The van der Waals surface area contributed by atoms with Crippen molar-refractivity contribution in [2.45, 2.75) is 13.3 Å². The number of fused-ring (bicyclic) bond motifs is 1. The quantitative estimate of drug-likeness (QED) is 0.304. The number of carbonyl (C=O) groups excluding carboxylic acids is 1. The van der Waals surface area contributed by atoms with Gasteiger partial charge >= 0.3 is 5.97 Å². The molecular formula is C24H17ClF2O2S. The lowest BCUT2D eigenvalue weighted by molar-refractivity contribution is 0.0526. The van der Waals surface area contributed by atoms with Crippen molar-refractivity contribution in [1.29, 1.82) is 0 Å². The van der Waals surface area contributed by atoms with Gasteiger partial charge in [0.15, 0.2) is 0 Å². The molecule has 0 saturated heterocycles. The lowest BCUT2D eigenvalue weighted by Gasteiger charge is -2.07. The van der Waals surface area contributed by atoms with Crippen LogP contribution in [-0.2, 0) is 11.2 Å². The van der Waals surface area contributed by atoms with E-state index in [1.54, 1.807) is 30.4 Å². The first-order valence-corrected chi connectivity index (χ1v) is 10.6. The predicted molar refractivity (Wildman–Crippen MR) is 117 cm³/mol. The number of carbonyl (C=O) groups is 1. The van der Waals surface area contributed by atoms with Crippen LogP contribution in [0.5, 0.6) is 0 Å². The zero-order chi connectivity index (χ0) is 21.3. The molecule has 6 heteroatoms. The van der Waals surface area contributed by atoms with E-state index in [9.17, 15) is 13.6 Å². The Hall–Kier alpha value is -2.76. The minimum Gasteiger partial charge on any atom is -0.462 e. The Morgan fingerprint density at radius 3 is 2.60 bits per heavy atom. The first kappa shape index (κ1) is 20.5. The van der Waals surface area contributed by atoms with Crippen LogP contribution in [0.15, 0.2) is 60.7 Å². The smallest absolute Gasteiger partial charge is 0.338 e. The van der Waals surface area contributed by atoms with Crippen LogP contribution < -0.4 is 0 Å². The predicted octanol–water partition coefficient (Wildman–Crippen LogP) is 7.27. The Morgan fingerprint density at radius 2 is 1.83 bits per heavy atom. The molecule has 0 radical (unpaired) electrons. The van der Waals surface area contributed by atoms with Gasteiger partial charge in [0.2, 0.25) is 0 Å². The molecule has 0 spiro atoms. The summed E-state index contributed by atoms with van der Waals surface area (Å²) in [6.07, 6.45) is 0.535. The van der Waals surface area contributed by atoms with Crippen LogP contribution in [0.2, 0.25) is 5.02 Å². The van der Waals surface area contributed by atoms with Gasteiger partial charge in [-0.3, -0.25) is 0 Å². The molecule has 0 amide bonds. The molecule has 0 saturated carbocycles. The summed E-state index contributed by atoms with van der Waals surface area (Å²) in [6.45, 7) is 1.93. The van der Waals surface area contributed by atoms with E-state index in [0.29, 0.717) is 17.0 Å². The Bertz CT molecular complexity index is 1230. The van der Waals surface area contributed by atoms with Crippen molar-refractivity contribution in [3.63, 3.8) is 0 Å². The van der Waals surface area contributed by atoms with Crippen LogP contribution in [0.1, 0.15) is 27.7 Å². The third-order valence-electron chi connectivity index (χ3n) is 4.62. The molecule has 3 aromatic carbocycles. The first-order valence-electron chi connectivity index (χ1n) is 9.37. The molecule has 0 aliphatic carbocycles. The van der Waals surface area contributed by atoms with Crippen molar-refractivity contribution in [3.05, 3.63) is 93.3 Å². The van der Waals surface area contributed by atoms with Crippen LogP contribution in [0.3, 0.4) is 0 Å². The van der Waals surface area contributed by atoms with Gasteiger partial charge in [-0.2, -0.15) is 0 Å². The molecular weight excluding hydrogens is 426 g/mol. The van der Waals surface area contributed by atoms with E-state index in [1.807, 2.05) is 24.3 Å². The van der Waals surface area contributed by atoms with Crippen molar-refractivity contribution in [1.82, 2.24) is 0 Å². The fourth-order valence-electron chi connectivity index (χ4n) is 3.42. The lowest BCUT2D eigenvalue weighted by Crippen LogP contribution is -2.05. The normalized spacial score (nSPS) is 11.1. The monoisotopic (exact) mass is 442 g/mol. The van der Waals surface area contributed by atoms with E-state index in [2.05, 4.69) is 0 Å². The summed E-state index contributed by atoms with van der Waals surface area (Å²) < 4.78 is 33.9. The highest BCUT2D eigenvalue weighted by atomic mass is 35.5. The number of hydrogen-bond acceptors (Lipinski definition) is 3. The number of esters is 1. The second kappa shape index (κ2) is 8.54. The minimum atomic E-state index is -0.555. The first-order chi connectivity index (χ1) is 14.4. The fraction of sp³-hybridized carbons (Fsp3) is 0.125. The summed E-state index contributed by atoms with van der Waals surface area (Å²) in [5.41, 5.74) is 2.38. The van der Waals surface area contributed by atoms with Gasteiger partial charge in [-0.15, -0.1) is 11.3 Å². The second-order valence-corrected chi connectivity index (χ2v) is 8.41. The van der Waals surface area contributed by atoms with Gasteiger partial charge in [0.05, 0.1) is 12.2 Å². The van der Waals surface area contributed by atoms with Gasteiger partial charge in [-0.1, -0.05) is 29.8 Å². The minimum absolute atomic E-state index is 0.176. The van der Waals surface area contributed by atoms with E-state index < -0.39 is 11.8 Å².